The Morgan fingerprint density at radius 3 is 2.89 bits per heavy atom. The lowest BCUT2D eigenvalue weighted by Gasteiger charge is -2.26. The van der Waals surface area contributed by atoms with Crippen LogP contribution in [0.25, 0.3) is 0 Å². The second-order valence-corrected chi connectivity index (χ2v) is 5.37. The van der Waals surface area contributed by atoms with Crippen molar-refractivity contribution in [1.29, 1.82) is 5.26 Å². The molecule has 3 heteroatoms. The van der Waals surface area contributed by atoms with E-state index in [0.29, 0.717) is 5.56 Å². The van der Waals surface area contributed by atoms with Crippen molar-refractivity contribution in [1.82, 2.24) is 4.98 Å². The van der Waals surface area contributed by atoms with Gasteiger partial charge in [0.05, 0.1) is 17.4 Å². The van der Waals surface area contributed by atoms with E-state index in [1.807, 2.05) is 0 Å². The van der Waals surface area contributed by atoms with Gasteiger partial charge in [0.25, 0.3) is 0 Å². The quantitative estimate of drug-likeness (QED) is 0.879. The number of rotatable bonds is 4. The SMILES string of the molecule is CC1CCC(CCNc2cnccc2C#N)CC1. The van der Waals surface area contributed by atoms with E-state index in [1.54, 1.807) is 18.5 Å². The third-order valence-corrected chi connectivity index (χ3v) is 3.94. The number of nitrogens with zero attached hydrogens (tertiary/aromatic N) is 2. The summed E-state index contributed by atoms with van der Waals surface area (Å²) in [6.07, 6.45) is 10.1. The van der Waals surface area contributed by atoms with E-state index in [1.165, 1.54) is 32.1 Å². The monoisotopic (exact) mass is 243 g/mol. The first-order valence-electron chi connectivity index (χ1n) is 6.87. The number of nitriles is 1. The van der Waals surface area contributed by atoms with Gasteiger partial charge in [0.15, 0.2) is 0 Å². The lowest BCUT2D eigenvalue weighted by atomic mass is 9.81. The van der Waals surface area contributed by atoms with Crippen molar-refractivity contribution in [2.75, 3.05) is 11.9 Å². The average Bonchev–Trinajstić information content (AvgIpc) is 2.41. The van der Waals surface area contributed by atoms with Gasteiger partial charge in [-0.05, 0) is 24.3 Å². The van der Waals surface area contributed by atoms with Gasteiger partial charge >= 0.3 is 0 Å². The molecule has 1 aliphatic carbocycles. The van der Waals surface area contributed by atoms with E-state index in [-0.39, 0.29) is 0 Å². The summed E-state index contributed by atoms with van der Waals surface area (Å²) in [5.41, 5.74) is 1.55. The Labute approximate surface area is 109 Å². The van der Waals surface area contributed by atoms with Crippen LogP contribution in [-0.2, 0) is 0 Å². The average molecular weight is 243 g/mol. The van der Waals surface area contributed by atoms with Gasteiger partial charge < -0.3 is 5.32 Å². The van der Waals surface area contributed by atoms with Crippen LogP contribution in [-0.4, -0.2) is 11.5 Å². The molecule has 18 heavy (non-hydrogen) atoms. The number of nitrogens with one attached hydrogen (secondary N) is 1. The zero-order chi connectivity index (χ0) is 12.8. The minimum atomic E-state index is 0.683. The molecule has 3 nitrogen and oxygen atoms in total. The predicted octanol–water partition coefficient (Wildman–Crippen LogP) is 3.58. The molecule has 1 aromatic rings. The highest BCUT2D eigenvalue weighted by atomic mass is 14.9. The fraction of sp³-hybridized carbons (Fsp3) is 0.600. The van der Waals surface area contributed by atoms with Gasteiger partial charge in [-0.3, -0.25) is 4.98 Å². The van der Waals surface area contributed by atoms with E-state index in [2.05, 4.69) is 23.3 Å². The molecule has 0 aromatic carbocycles. The van der Waals surface area contributed by atoms with Crippen LogP contribution in [0.15, 0.2) is 18.5 Å². The molecule has 0 saturated heterocycles. The van der Waals surface area contributed by atoms with Gasteiger partial charge in [-0.1, -0.05) is 32.6 Å². The Balaban J connectivity index is 1.77. The molecule has 1 aliphatic rings. The van der Waals surface area contributed by atoms with Crippen molar-refractivity contribution in [3.63, 3.8) is 0 Å². The van der Waals surface area contributed by atoms with Gasteiger partial charge in [-0.2, -0.15) is 5.26 Å². The molecule has 0 unspecified atom stereocenters. The van der Waals surface area contributed by atoms with E-state index >= 15 is 0 Å². The summed E-state index contributed by atoms with van der Waals surface area (Å²) >= 11 is 0. The molecule has 0 spiro atoms. The Bertz CT molecular complexity index is 414. The standard InChI is InChI=1S/C15H21N3/c1-12-2-4-13(5-3-12)6-9-18-15-11-17-8-7-14(15)10-16/h7-8,11-13,18H,2-6,9H2,1H3. The molecule has 1 aromatic heterocycles. The summed E-state index contributed by atoms with van der Waals surface area (Å²) in [4.78, 5) is 4.06. The molecule has 0 radical (unpaired) electrons. The highest BCUT2D eigenvalue weighted by molar-refractivity contribution is 5.55. The highest BCUT2D eigenvalue weighted by Gasteiger charge is 2.17. The van der Waals surface area contributed by atoms with Crippen LogP contribution in [0.2, 0.25) is 0 Å². The summed E-state index contributed by atoms with van der Waals surface area (Å²) in [5, 5.41) is 12.3. The first kappa shape index (κ1) is 12.9. The zero-order valence-corrected chi connectivity index (χ0v) is 11.0. The molecular formula is C15H21N3. The van der Waals surface area contributed by atoms with Crippen LogP contribution in [0.3, 0.4) is 0 Å². The Morgan fingerprint density at radius 1 is 1.39 bits per heavy atom. The lowest BCUT2D eigenvalue weighted by molar-refractivity contribution is 0.282. The lowest BCUT2D eigenvalue weighted by Crippen LogP contribution is -2.16. The number of pyridine rings is 1. The topological polar surface area (TPSA) is 48.7 Å². The molecule has 1 saturated carbocycles. The third-order valence-electron chi connectivity index (χ3n) is 3.94. The normalized spacial score (nSPS) is 23.3. The molecule has 1 N–H and O–H groups in total. The summed E-state index contributed by atoms with van der Waals surface area (Å²) in [6, 6.07) is 3.94. The van der Waals surface area contributed by atoms with Crippen molar-refractivity contribution in [2.24, 2.45) is 11.8 Å². The molecule has 1 heterocycles. The van der Waals surface area contributed by atoms with Crippen LogP contribution in [0.5, 0.6) is 0 Å². The minimum Gasteiger partial charge on any atom is -0.383 e. The molecule has 0 atom stereocenters. The first-order chi connectivity index (χ1) is 8.79. The summed E-state index contributed by atoms with van der Waals surface area (Å²) in [6.45, 7) is 3.29. The van der Waals surface area contributed by atoms with E-state index < -0.39 is 0 Å². The maximum Gasteiger partial charge on any atom is 0.101 e. The number of hydrogen-bond acceptors (Lipinski definition) is 3. The van der Waals surface area contributed by atoms with Crippen molar-refractivity contribution < 1.29 is 0 Å². The fourth-order valence-corrected chi connectivity index (χ4v) is 2.66. The number of anilines is 1. The van der Waals surface area contributed by atoms with Crippen LogP contribution in [0, 0.1) is 23.2 Å². The van der Waals surface area contributed by atoms with Crippen molar-refractivity contribution in [2.45, 2.75) is 39.0 Å². The highest BCUT2D eigenvalue weighted by Crippen LogP contribution is 2.30. The van der Waals surface area contributed by atoms with Crippen LogP contribution in [0.4, 0.5) is 5.69 Å². The second-order valence-electron chi connectivity index (χ2n) is 5.37. The number of aromatic nitrogens is 1. The largest absolute Gasteiger partial charge is 0.383 e. The molecule has 1 fully saturated rings. The van der Waals surface area contributed by atoms with E-state index in [4.69, 9.17) is 5.26 Å². The predicted molar refractivity (Wildman–Crippen MR) is 73.2 cm³/mol. The van der Waals surface area contributed by atoms with Crippen LogP contribution in [0.1, 0.15) is 44.6 Å². The van der Waals surface area contributed by atoms with Gasteiger partial charge in [0, 0.05) is 12.7 Å². The smallest absolute Gasteiger partial charge is 0.101 e. The van der Waals surface area contributed by atoms with Gasteiger partial charge in [-0.25, -0.2) is 0 Å². The molecular weight excluding hydrogens is 222 g/mol. The van der Waals surface area contributed by atoms with Gasteiger partial charge in [-0.15, -0.1) is 0 Å². The molecule has 96 valence electrons. The van der Waals surface area contributed by atoms with Crippen LogP contribution < -0.4 is 5.32 Å². The Kier molecular flexibility index (Phi) is 4.58. The molecule has 0 bridgehead atoms. The third kappa shape index (κ3) is 3.46. The summed E-state index contributed by atoms with van der Waals surface area (Å²) in [5.74, 6) is 1.77. The second kappa shape index (κ2) is 6.39. The fourth-order valence-electron chi connectivity index (χ4n) is 2.66. The number of hydrogen-bond donors (Lipinski definition) is 1. The van der Waals surface area contributed by atoms with E-state index in [9.17, 15) is 0 Å². The maximum atomic E-state index is 8.98. The summed E-state index contributed by atoms with van der Waals surface area (Å²) in [7, 11) is 0. The summed E-state index contributed by atoms with van der Waals surface area (Å²) < 4.78 is 0. The zero-order valence-electron chi connectivity index (χ0n) is 11.0. The minimum absolute atomic E-state index is 0.683. The first-order valence-corrected chi connectivity index (χ1v) is 6.87. The molecule has 0 amide bonds. The van der Waals surface area contributed by atoms with Crippen molar-refractivity contribution in [3.05, 3.63) is 24.0 Å². The van der Waals surface area contributed by atoms with Crippen molar-refractivity contribution >= 4 is 5.69 Å². The Hall–Kier alpha value is -1.56. The molecule has 0 aliphatic heterocycles. The van der Waals surface area contributed by atoms with Gasteiger partial charge in [0.1, 0.15) is 6.07 Å². The van der Waals surface area contributed by atoms with Crippen LogP contribution >= 0.6 is 0 Å². The van der Waals surface area contributed by atoms with E-state index in [0.717, 1.165) is 24.1 Å². The van der Waals surface area contributed by atoms with Crippen molar-refractivity contribution in [3.8, 4) is 6.07 Å². The Morgan fingerprint density at radius 2 is 2.17 bits per heavy atom. The maximum absolute atomic E-state index is 8.98. The molecule has 2 rings (SSSR count). The van der Waals surface area contributed by atoms with Gasteiger partial charge in [0.2, 0.25) is 0 Å².